The van der Waals surface area contributed by atoms with E-state index in [-0.39, 0.29) is 18.6 Å². The number of aliphatic hydroxyl groups excluding tert-OH is 1. The molecule has 1 aromatic heterocycles. The van der Waals surface area contributed by atoms with Crippen LogP contribution < -0.4 is 0 Å². The molecule has 1 unspecified atom stereocenters. The molecule has 1 aliphatic rings. The van der Waals surface area contributed by atoms with E-state index >= 15 is 0 Å². The molecule has 1 aliphatic heterocycles. The van der Waals surface area contributed by atoms with Crippen LogP contribution in [0.3, 0.4) is 0 Å². The van der Waals surface area contributed by atoms with Crippen LogP contribution in [0.25, 0.3) is 0 Å². The van der Waals surface area contributed by atoms with Crippen molar-refractivity contribution in [2.75, 3.05) is 26.4 Å². The number of halogens is 1. The average Bonchev–Trinajstić information content (AvgIpc) is 2.38. The molecule has 1 N–H and O–H groups in total. The number of nitrogens with zero attached hydrogens (tertiary/aromatic N) is 2. The van der Waals surface area contributed by atoms with Gasteiger partial charge in [-0.05, 0) is 6.07 Å². The largest absolute Gasteiger partial charge is 0.394 e. The molecule has 0 radical (unpaired) electrons. The SMILES string of the molecule is O=C(c1cnccc1Cl)N1CCOCC1CO. The number of morpholine rings is 1. The van der Waals surface area contributed by atoms with Crippen LogP contribution >= 0.6 is 11.6 Å². The van der Waals surface area contributed by atoms with Crippen LogP contribution in [0, 0.1) is 0 Å². The highest BCUT2D eigenvalue weighted by Gasteiger charge is 2.28. The second kappa shape index (κ2) is 5.44. The van der Waals surface area contributed by atoms with E-state index in [0.29, 0.717) is 30.3 Å². The van der Waals surface area contributed by atoms with Gasteiger partial charge in [0.25, 0.3) is 5.91 Å². The summed E-state index contributed by atoms with van der Waals surface area (Å²) >= 11 is 5.95. The summed E-state index contributed by atoms with van der Waals surface area (Å²) in [5.74, 6) is -0.217. The van der Waals surface area contributed by atoms with Crippen molar-refractivity contribution in [1.29, 1.82) is 0 Å². The van der Waals surface area contributed by atoms with E-state index in [9.17, 15) is 9.90 Å². The second-order valence-electron chi connectivity index (χ2n) is 3.77. The van der Waals surface area contributed by atoms with Crippen LogP contribution in [-0.2, 0) is 4.74 Å². The van der Waals surface area contributed by atoms with Gasteiger partial charge in [-0.25, -0.2) is 0 Å². The number of hydrogen-bond donors (Lipinski definition) is 1. The molecule has 0 bridgehead atoms. The van der Waals surface area contributed by atoms with Crippen LogP contribution in [0.5, 0.6) is 0 Å². The lowest BCUT2D eigenvalue weighted by atomic mass is 10.2. The van der Waals surface area contributed by atoms with E-state index in [4.69, 9.17) is 16.3 Å². The molecule has 17 heavy (non-hydrogen) atoms. The Labute approximate surface area is 104 Å². The lowest BCUT2D eigenvalue weighted by Crippen LogP contribution is -2.50. The number of aromatic nitrogens is 1. The van der Waals surface area contributed by atoms with Gasteiger partial charge in [-0.15, -0.1) is 0 Å². The fourth-order valence-electron chi connectivity index (χ4n) is 1.76. The van der Waals surface area contributed by atoms with E-state index < -0.39 is 0 Å². The van der Waals surface area contributed by atoms with Gasteiger partial charge < -0.3 is 14.7 Å². The van der Waals surface area contributed by atoms with Gasteiger partial charge >= 0.3 is 0 Å². The van der Waals surface area contributed by atoms with E-state index in [0.717, 1.165) is 0 Å². The monoisotopic (exact) mass is 256 g/mol. The number of rotatable bonds is 2. The topological polar surface area (TPSA) is 62.7 Å². The molecule has 6 heteroatoms. The molecule has 0 aromatic carbocycles. The molecular formula is C11H13ClN2O3. The standard InChI is InChI=1S/C11H13ClN2O3/c12-10-1-2-13-5-9(10)11(16)14-3-4-17-7-8(14)6-15/h1-2,5,8,15H,3-4,6-7H2. The Bertz CT molecular complexity index is 413. The molecule has 0 saturated carbocycles. The van der Waals surface area contributed by atoms with Crippen molar-refractivity contribution in [2.24, 2.45) is 0 Å². The average molecular weight is 257 g/mol. The van der Waals surface area contributed by atoms with Crippen molar-refractivity contribution < 1.29 is 14.6 Å². The van der Waals surface area contributed by atoms with Crippen LogP contribution in [0.4, 0.5) is 0 Å². The van der Waals surface area contributed by atoms with Crippen LogP contribution in [0.15, 0.2) is 18.5 Å². The first-order chi connectivity index (χ1) is 8.24. The number of carbonyl (C=O) groups excluding carboxylic acids is 1. The first kappa shape index (κ1) is 12.3. The van der Waals surface area contributed by atoms with Crippen LogP contribution in [0.1, 0.15) is 10.4 Å². The van der Waals surface area contributed by atoms with Gasteiger partial charge in [0, 0.05) is 18.9 Å². The third-order valence-electron chi connectivity index (χ3n) is 2.70. The first-order valence-electron chi connectivity index (χ1n) is 5.33. The molecule has 92 valence electrons. The summed E-state index contributed by atoms with van der Waals surface area (Å²) in [6.07, 6.45) is 2.97. The maximum Gasteiger partial charge on any atom is 0.257 e. The van der Waals surface area contributed by atoms with E-state index in [1.54, 1.807) is 11.0 Å². The Morgan fingerprint density at radius 2 is 2.53 bits per heavy atom. The van der Waals surface area contributed by atoms with E-state index in [2.05, 4.69) is 4.98 Å². The summed E-state index contributed by atoms with van der Waals surface area (Å²) < 4.78 is 5.22. The number of carbonyl (C=O) groups is 1. The summed E-state index contributed by atoms with van der Waals surface area (Å²) in [6.45, 7) is 1.15. The van der Waals surface area contributed by atoms with E-state index in [1.807, 2.05) is 0 Å². The highest BCUT2D eigenvalue weighted by molar-refractivity contribution is 6.33. The number of ether oxygens (including phenoxy) is 1. The Balaban J connectivity index is 2.21. The zero-order valence-electron chi connectivity index (χ0n) is 9.17. The van der Waals surface area contributed by atoms with Crippen molar-refractivity contribution in [1.82, 2.24) is 9.88 Å². The Kier molecular flexibility index (Phi) is 3.93. The van der Waals surface area contributed by atoms with Crippen molar-refractivity contribution in [3.8, 4) is 0 Å². The normalized spacial score (nSPS) is 20.4. The quantitative estimate of drug-likeness (QED) is 0.840. The predicted molar refractivity (Wildman–Crippen MR) is 62.0 cm³/mol. The molecule has 2 heterocycles. The van der Waals surface area contributed by atoms with Crippen LogP contribution in [-0.4, -0.2) is 53.3 Å². The summed E-state index contributed by atoms with van der Waals surface area (Å²) in [7, 11) is 0. The molecule has 5 nitrogen and oxygen atoms in total. The van der Waals surface area contributed by atoms with Gasteiger partial charge in [-0.3, -0.25) is 9.78 Å². The zero-order valence-corrected chi connectivity index (χ0v) is 9.93. The molecule has 1 saturated heterocycles. The zero-order chi connectivity index (χ0) is 12.3. The third kappa shape index (κ3) is 2.57. The van der Waals surface area contributed by atoms with Gasteiger partial charge in [-0.2, -0.15) is 0 Å². The van der Waals surface area contributed by atoms with Gasteiger partial charge in [0.1, 0.15) is 0 Å². The molecule has 0 spiro atoms. The molecule has 1 aromatic rings. The fourth-order valence-corrected chi connectivity index (χ4v) is 1.95. The smallest absolute Gasteiger partial charge is 0.257 e. The lowest BCUT2D eigenvalue weighted by molar-refractivity contribution is -0.0184. The maximum absolute atomic E-state index is 12.2. The highest BCUT2D eigenvalue weighted by Crippen LogP contribution is 2.18. The summed E-state index contributed by atoms with van der Waals surface area (Å²) in [5.41, 5.74) is 0.356. The minimum Gasteiger partial charge on any atom is -0.394 e. The molecule has 0 aliphatic carbocycles. The Morgan fingerprint density at radius 3 is 3.24 bits per heavy atom. The predicted octanol–water partition coefficient (Wildman–Crippen LogP) is 0.568. The highest BCUT2D eigenvalue weighted by atomic mass is 35.5. The first-order valence-corrected chi connectivity index (χ1v) is 5.71. The van der Waals surface area contributed by atoms with Gasteiger partial charge in [0.05, 0.1) is 36.4 Å². The summed E-state index contributed by atoms with van der Waals surface area (Å²) in [5, 5.41) is 9.57. The number of aliphatic hydroxyl groups is 1. The van der Waals surface area contributed by atoms with Crippen molar-refractivity contribution in [2.45, 2.75) is 6.04 Å². The Hall–Kier alpha value is -1.17. The summed E-state index contributed by atoms with van der Waals surface area (Å²) in [6, 6.07) is 1.26. The maximum atomic E-state index is 12.2. The minimum atomic E-state index is -0.312. The van der Waals surface area contributed by atoms with Crippen molar-refractivity contribution in [3.05, 3.63) is 29.0 Å². The molecule has 1 fully saturated rings. The van der Waals surface area contributed by atoms with Crippen molar-refractivity contribution >= 4 is 17.5 Å². The molecular weight excluding hydrogens is 244 g/mol. The molecule has 1 atom stereocenters. The van der Waals surface area contributed by atoms with Gasteiger partial charge in [-0.1, -0.05) is 11.6 Å². The molecule has 2 rings (SSSR count). The van der Waals surface area contributed by atoms with Gasteiger partial charge in [0.15, 0.2) is 0 Å². The minimum absolute atomic E-state index is 0.121. The third-order valence-corrected chi connectivity index (χ3v) is 3.03. The van der Waals surface area contributed by atoms with Gasteiger partial charge in [0.2, 0.25) is 0 Å². The van der Waals surface area contributed by atoms with E-state index in [1.165, 1.54) is 12.4 Å². The Morgan fingerprint density at radius 1 is 1.71 bits per heavy atom. The molecule has 1 amide bonds. The fraction of sp³-hybridized carbons (Fsp3) is 0.455. The number of amides is 1. The number of hydrogen-bond acceptors (Lipinski definition) is 4. The van der Waals surface area contributed by atoms with Crippen molar-refractivity contribution in [3.63, 3.8) is 0 Å². The van der Waals surface area contributed by atoms with Crippen LogP contribution in [0.2, 0.25) is 5.02 Å². The summed E-state index contributed by atoms with van der Waals surface area (Å²) in [4.78, 5) is 17.7. The number of pyridine rings is 1. The lowest BCUT2D eigenvalue weighted by Gasteiger charge is -2.34. The second-order valence-corrected chi connectivity index (χ2v) is 4.17.